The number of piperazine rings is 1. The summed E-state index contributed by atoms with van der Waals surface area (Å²) in [5.74, 6) is 2.04. The Labute approximate surface area is 201 Å². The zero-order valence-corrected chi connectivity index (χ0v) is 21.0. The third-order valence-electron chi connectivity index (χ3n) is 5.10. The maximum atomic E-state index is 6.12. The molecule has 0 radical (unpaired) electrons. The van der Waals surface area contributed by atoms with Crippen LogP contribution in [-0.4, -0.2) is 69.8 Å². The Morgan fingerprint density at radius 1 is 1.20 bits per heavy atom. The van der Waals surface area contributed by atoms with Crippen LogP contribution in [0.2, 0.25) is 5.02 Å². The van der Waals surface area contributed by atoms with Gasteiger partial charge in [-0.05, 0) is 24.1 Å². The molecule has 0 amide bonds. The van der Waals surface area contributed by atoms with Gasteiger partial charge in [0.2, 0.25) is 0 Å². The smallest absolute Gasteiger partial charge is 0.194 e. The molecule has 1 aromatic heterocycles. The van der Waals surface area contributed by atoms with Gasteiger partial charge in [-0.1, -0.05) is 37.6 Å². The molecule has 0 saturated carbocycles. The zero-order chi connectivity index (χ0) is 20.5. The zero-order valence-electron chi connectivity index (χ0n) is 17.9. The second kappa shape index (κ2) is 13.1. The molecule has 166 valence electrons. The van der Waals surface area contributed by atoms with Crippen molar-refractivity contribution in [1.29, 1.82) is 0 Å². The molecule has 1 aromatic carbocycles. The Morgan fingerprint density at radius 2 is 2.00 bits per heavy atom. The summed E-state index contributed by atoms with van der Waals surface area (Å²) in [6.45, 7) is 11.7. The third-order valence-corrected chi connectivity index (χ3v) is 5.34. The predicted octanol–water partition coefficient (Wildman–Crippen LogP) is 3.29. The van der Waals surface area contributed by atoms with E-state index in [2.05, 4.69) is 55.9 Å². The normalized spacial score (nSPS) is 15.2. The summed E-state index contributed by atoms with van der Waals surface area (Å²) in [6.07, 6.45) is 3.74. The second-order valence-electron chi connectivity index (χ2n) is 7.32. The van der Waals surface area contributed by atoms with Crippen molar-refractivity contribution in [2.45, 2.75) is 39.8 Å². The first-order valence-corrected chi connectivity index (χ1v) is 10.9. The molecule has 3 rings (SSSR count). The van der Waals surface area contributed by atoms with Crippen LogP contribution in [0, 0.1) is 0 Å². The van der Waals surface area contributed by atoms with Crippen LogP contribution in [0.5, 0.6) is 0 Å². The lowest BCUT2D eigenvalue weighted by atomic mass is 10.2. The molecule has 1 fully saturated rings. The van der Waals surface area contributed by atoms with Crippen LogP contribution in [0.15, 0.2) is 35.6 Å². The van der Waals surface area contributed by atoms with E-state index in [1.54, 1.807) is 6.33 Å². The molecule has 0 atom stereocenters. The van der Waals surface area contributed by atoms with E-state index in [0.29, 0.717) is 0 Å². The summed E-state index contributed by atoms with van der Waals surface area (Å²) in [5, 5.41) is 12.5. The van der Waals surface area contributed by atoms with E-state index >= 15 is 0 Å². The summed E-state index contributed by atoms with van der Waals surface area (Å²) in [7, 11) is 0. The molecule has 1 saturated heterocycles. The highest BCUT2D eigenvalue weighted by molar-refractivity contribution is 14.0. The number of hydrogen-bond acceptors (Lipinski definition) is 4. The molecule has 0 unspecified atom stereocenters. The Kier molecular flexibility index (Phi) is 10.9. The molecule has 7 nitrogen and oxygen atoms in total. The number of aromatic nitrogens is 3. The van der Waals surface area contributed by atoms with Crippen molar-refractivity contribution in [3.05, 3.63) is 47.0 Å². The maximum absolute atomic E-state index is 6.12. The fourth-order valence-corrected chi connectivity index (χ4v) is 3.74. The van der Waals surface area contributed by atoms with Crippen molar-refractivity contribution in [2.24, 2.45) is 4.99 Å². The molecule has 0 aliphatic carbocycles. The molecule has 2 aromatic rings. The molecule has 1 aliphatic rings. The first-order valence-electron chi connectivity index (χ1n) is 10.6. The fourth-order valence-electron chi connectivity index (χ4n) is 3.52. The molecule has 1 aliphatic heterocycles. The SMILES string of the molecule is CCCN=C(NCCn1cnnc1CC)N1CCN(Cc2cccc(Cl)c2)CC1.I. The lowest BCUT2D eigenvalue weighted by molar-refractivity contribution is 0.172. The van der Waals surface area contributed by atoms with Gasteiger partial charge in [0.25, 0.3) is 0 Å². The topological polar surface area (TPSA) is 61.6 Å². The lowest BCUT2D eigenvalue weighted by Crippen LogP contribution is -2.52. The Hall–Kier alpha value is -1.39. The fraction of sp³-hybridized carbons (Fsp3) is 0.571. The van der Waals surface area contributed by atoms with Gasteiger partial charge >= 0.3 is 0 Å². The van der Waals surface area contributed by atoms with Crippen LogP contribution in [0.25, 0.3) is 0 Å². The summed E-state index contributed by atoms with van der Waals surface area (Å²) in [6, 6.07) is 8.14. The summed E-state index contributed by atoms with van der Waals surface area (Å²) in [5.41, 5.74) is 1.27. The van der Waals surface area contributed by atoms with Crippen LogP contribution in [0.3, 0.4) is 0 Å². The monoisotopic (exact) mass is 545 g/mol. The number of rotatable bonds is 8. The Morgan fingerprint density at radius 3 is 2.70 bits per heavy atom. The number of nitrogens with one attached hydrogen (secondary N) is 1. The van der Waals surface area contributed by atoms with Crippen molar-refractivity contribution in [3.63, 3.8) is 0 Å². The lowest BCUT2D eigenvalue weighted by Gasteiger charge is -2.36. The van der Waals surface area contributed by atoms with Crippen LogP contribution in [-0.2, 0) is 19.5 Å². The van der Waals surface area contributed by atoms with Crippen molar-refractivity contribution in [1.82, 2.24) is 29.9 Å². The van der Waals surface area contributed by atoms with Crippen molar-refractivity contribution >= 4 is 41.5 Å². The molecular weight excluding hydrogens is 513 g/mol. The highest BCUT2D eigenvalue weighted by Gasteiger charge is 2.20. The Bertz CT molecular complexity index is 787. The van der Waals surface area contributed by atoms with Crippen LogP contribution < -0.4 is 5.32 Å². The van der Waals surface area contributed by atoms with E-state index in [1.165, 1.54) is 5.56 Å². The van der Waals surface area contributed by atoms with Gasteiger partial charge in [-0.3, -0.25) is 9.89 Å². The van der Waals surface area contributed by atoms with E-state index in [-0.39, 0.29) is 24.0 Å². The molecule has 9 heteroatoms. The van der Waals surface area contributed by atoms with Gasteiger partial charge < -0.3 is 14.8 Å². The molecule has 0 spiro atoms. The largest absolute Gasteiger partial charge is 0.354 e. The minimum Gasteiger partial charge on any atom is -0.354 e. The van der Waals surface area contributed by atoms with E-state index in [1.807, 2.05) is 12.1 Å². The van der Waals surface area contributed by atoms with E-state index in [0.717, 1.165) is 82.0 Å². The Balaban J connectivity index is 0.00000320. The summed E-state index contributed by atoms with van der Waals surface area (Å²) < 4.78 is 2.10. The van der Waals surface area contributed by atoms with Gasteiger partial charge in [-0.15, -0.1) is 34.2 Å². The number of guanidine groups is 1. The third kappa shape index (κ3) is 7.39. The quantitative estimate of drug-likeness (QED) is 0.313. The van der Waals surface area contributed by atoms with Crippen LogP contribution in [0.4, 0.5) is 0 Å². The van der Waals surface area contributed by atoms with Crippen molar-refractivity contribution in [2.75, 3.05) is 39.3 Å². The molecule has 2 heterocycles. The van der Waals surface area contributed by atoms with Gasteiger partial charge in [0, 0.05) is 63.8 Å². The van der Waals surface area contributed by atoms with E-state index in [4.69, 9.17) is 16.6 Å². The van der Waals surface area contributed by atoms with Crippen LogP contribution in [0.1, 0.15) is 31.7 Å². The van der Waals surface area contributed by atoms with Crippen molar-refractivity contribution in [3.8, 4) is 0 Å². The van der Waals surface area contributed by atoms with Crippen LogP contribution >= 0.6 is 35.6 Å². The first kappa shape index (κ1) is 24.9. The molecule has 30 heavy (non-hydrogen) atoms. The van der Waals surface area contributed by atoms with Crippen molar-refractivity contribution < 1.29 is 0 Å². The molecule has 1 N–H and O–H groups in total. The standard InChI is InChI=1S/C21H32ClN7.HI/c1-3-8-23-21(24-9-10-29-17-25-26-20(29)4-2)28-13-11-27(12-14-28)16-18-6-5-7-19(22)15-18;/h5-7,15,17H,3-4,8-14,16H2,1-2H3,(H,23,24);1H. The van der Waals surface area contributed by atoms with Gasteiger partial charge in [-0.2, -0.15) is 0 Å². The number of hydrogen-bond donors (Lipinski definition) is 1. The summed E-state index contributed by atoms with van der Waals surface area (Å²) >= 11 is 6.12. The van der Waals surface area contributed by atoms with Gasteiger partial charge in [-0.25, -0.2) is 0 Å². The van der Waals surface area contributed by atoms with Gasteiger partial charge in [0.15, 0.2) is 5.96 Å². The summed E-state index contributed by atoms with van der Waals surface area (Å²) in [4.78, 5) is 9.65. The highest BCUT2D eigenvalue weighted by Crippen LogP contribution is 2.14. The predicted molar refractivity (Wildman–Crippen MR) is 134 cm³/mol. The van der Waals surface area contributed by atoms with Gasteiger partial charge in [0.05, 0.1) is 0 Å². The molecular formula is C21H33ClIN7. The number of aryl methyl sites for hydroxylation is 1. The molecule has 0 bridgehead atoms. The van der Waals surface area contributed by atoms with Gasteiger partial charge in [0.1, 0.15) is 12.2 Å². The average molecular weight is 546 g/mol. The average Bonchev–Trinajstić information content (AvgIpc) is 3.19. The number of nitrogens with zero attached hydrogens (tertiary/aromatic N) is 6. The number of halogens is 2. The number of benzene rings is 1. The minimum atomic E-state index is 0. The van der Waals surface area contributed by atoms with E-state index in [9.17, 15) is 0 Å². The number of aliphatic imine (C=N–C) groups is 1. The highest BCUT2D eigenvalue weighted by atomic mass is 127. The minimum absolute atomic E-state index is 0. The second-order valence-corrected chi connectivity index (χ2v) is 7.76. The van der Waals surface area contributed by atoms with E-state index < -0.39 is 0 Å². The maximum Gasteiger partial charge on any atom is 0.194 e. The first-order chi connectivity index (χ1) is 14.2.